The molecule has 7 heteroatoms. The summed E-state index contributed by atoms with van der Waals surface area (Å²) in [7, 11) is 0. The lowest BCUT2D eigenvalue weighted by atomic mass is 10.1. The molecular formula is C25H34N2O5. The highest BCUT2D eigenvalue weighted by Gasteiger charge is 2.23. The highest BCUT2D eigenvalue weighted by atomic mass is 16.7. The van der Waals surface area contributed by atoms with Gasteiger partial charge in [0.25, 0.3) is 0 Å². The van der Waals surface area contributed by atoms with E-state index < -0.39 is 0 Å². The lowest BCUT2D eigenvalue weighted by molar-refractivity contribution is -0.141. The molecule has 174 valence electrons. The number of unbranched alkanes of at least 4 members (excludes halogenated alkanes) is 2. The fourth-order valence-electron chi connectivity index (χ4n) is 3.73. The molecule has 2 aromatic rings. The summed E-state index contributed by atoms with van der Waals surface area (Å²) in [6.07, 6.45) is 5.01. The summed E-state index contributed by atoms with van der Waals surface area (Å²) in [4.78, 5) is 29.6. The molecule has 32 heavy (non-hydrogen) atoms. The minimum atomic E-state index is -0.108. The Morgan fingerprint density at radius 3 is 2.53 bits per heavy atom. The van der Waals surface area contributed by atoms with E-state index in [1.165, 1.54) is 0 Å². The van der Waals surface area contributed by atoms with Gasteiger partial charge in [-0.2, -0.15) is 0 Å². The first-order valence-electron chi connectivity index (χ1n) is 11.4. The summed E-state index contributed by atoms with van der Waals surface area (Å²) in [5.41, 5.74) is 0.929. The summed E-state index contributed by atoms with van der Waals surface area (Å²) in [5.74, 6) is 2.30. The number of hydrogen-bond donors (Lipinski definition) is 0. The first-order chi connectivity index (χ1) is 15.5. The SMILES string of the molecule is CCCCCC(=O)N(CC(=O)N(Cc1ccc2c(c1)OCO2)Cc1ccco1)CC(C)C. The van der Waals surface area contributed by atoms with Crippen LogP contribution >= 0.6 is 0 Å². The van der Waals surface area contributed by atoms with Crippen LogP contribution in [0.5, 0.6) is 11.5 Å². The number of fused-ring (bicyclic) bond motifs is 1. The van der Waals surface area contributed by atoms with Crippen molar-refractivity contribution in [1.82, 2.24) is 9.80 Å². The number of rotatable bonds is 12. The Bertz CT molecular complexity index is 878. The third-order valence-corrected chi connectivity index (χ3v) is 5.35. The average Bonchev–Trinajstić information content (AvgIpc) is 3.44. The van der Waals surface area contributed by atoms with Crippen molar-refractivity contribution in [1.29, 1.82) is 0 Å². The second kappa shape index (κ2) is 11.6. The molecule has 0 spiro atoms. The summed E-state index contributed by atoms with van der Waals surface area (Å²) in [6, 6.07) is 9.34. The maximum absolute atomic E-state index is 13.4. The van der Waals surface area contributed by atoms with Crippen molar-refractivity contribution in [3.05, 3.63) is 47.9 Å². The smallest absolute Gasteiger partial charge is 0.242 e. The van der Waals surface area contributed by atoms with Crippen LogP contribution in [0.2, 0.25) is 0 Å². The minimum absolute atomic E-state index is 0.0431. The van der Waals surface area contributed by atoms with Gasteiger partial charge in [0.1, 0.15) is 5.76 Å². The molecule has 0 atom stereocenters. The molecular weight excluding hydrogens is 408 g/mol. The van der Waals surface area contributed by atoms with Gasteiger partial charge in [-0.1, -0.05) is 39.7 Å². The predicted octanol–water partition coefficient (Wildman–Crippen LogP) is 4.60. The Morgan fingerprint density at radius 2 is 1.81 bits per heavy atom. The van der Waals surface area contributed by atoms with Crippen LogP contribution in [-0.2, 0) is 22.7 Å². The minimum Gasteiger partial charge on any atom is -0.467 e. The van der Waals surface area contributed by atoms with Crippen LogP contribution in [0, 0.1) is 5.92 Å². The van der Waals surface area contributed by atoms with Crippen molar-refractivity contribution in [2.45, 2.75) is 59.5 Å². The second-order valence-corrected chi connectivity index (χ2v) is 8.64. The maximum atomic E-state index is 13.4. The van der Waals surface area contributed by atoms with Crippen molar-refractivity contribution >= 4 is 11.8 Å². The third kappa shape index (κ3) is 6.77. The van der Waals surface area contributed by atoms with E-state index in [1.54, 1.807) is 22.1 Å². The fourth-order valence-corrected chi connectivity index (χ4v) is 3.73. The van der Waals surface area contributed by atoms with Gasteiger partial charge in [-0.25, -0.2) is 0 Å². The Labute approximate surface area is 190 Å². The Kier molecular flexibility index (Phi) is 8.59. The summed E-state index contributed by atoms with van der Waals surface area (Å²) < 4.78 is 16.4. The van der Waals surface area contributed by atoms with Crippen LogP contribution in [0.25, 0.3) is 0 Å². The molecule has 3 rings (SSSR count). The zero-order valence-corrected chi connectivity index (χ0v) is 19.3. The number of amides is 2. The number of carbonyl (C=O) groups excluding carboxylic acids is 2. The van der Waals surface area contributed by atoms with Crippen molar-refractivity contribution in [2.75, 3.05) is 19.9 Å². The predicted molar refractivity (Wildman–Crippen MR) is 121 cm³/mol. The molecule has 0 N–H and O–H groups in total. The number of nitrogens with zero attached hydrogens (tertiary/aromatic N) is 2. The lowest BCUT2D eigenvalue weighted by Crippen LogP contribution is -2.43. The zero-order valence-electron chi connectivity index (χ0n) is 19.3. The Morgan fingerprint density at radius 1 is 1.00 bits per heavy atom. The van der Waals surface area contributed by atoms with E-state index in [0.717, 1.165) is 24.8 Å². The molecule has 0 saturated carbocycles. The summed E-state index contributed by atoms with van der Waals surface area (Å²) >= 11 is 0. The Hall–Kier alpha value is -2.96. The molecule has 0 bridgehead atoms. The van der Waals surface area contributed by atoms with Crippen LogP contribution < -0.4 is 9.47 Å². The highest BCUT2D eigenvalue weighted by Crippen LogP contribution is 2.33. The van der Waals surface area contributed by atoms with Crippen LogP contribution in [0.15, 0.2) is 41.0 Å². The van der Waals surface area contributed by atoms with E-state index >= 15 is 0 Å². The molecule has 0 fully saturated rings. The molecule has 1 aliphatic rings. The molecule has 0 unspecified atom stereocenters. The van der Waals surface area contributed by atoms with Gasteiger partial charge in [0.2, 0.25) is 18.6 Å². The number of hydrogen-bond acceptors (Lipinski definition) is 5. The molecule has 1 aromatic heterocycles. The Balaban J connectivity index is 1.73. The third-order valence-electron chi connectivity index (χ3n) is 5.35. The number of ether oxygens (including phenoxy) is 2. The fraction of sp³-hybridized carbons (Fsp3) is 0.520. The molecule has 0 radical (unpaired) electrons. The normalized spacial score (nSPS) is 12.2. The van der Waals surface area contributed by atoms with E-state index in [1.807, 2.05) is 24.3 Å². The van der Waals surface area contributed by atoms with Gasteiger partial charge in [-0.3, -0.25) is 9.59 Å². The van der Waals surface area contributed by atoms with Crippen molar-refractivity contribution in [3.63, 3.8) is 0 Å². The van der Waals surface area contributed by atoms with Crippen LogP contribution in [0.3, 0.4) is 0 Å². The van der Waals surface area contributed by atoms with Gasteiger partial charge in [0.05, 0.1) is 19.4 Å². The molecule has 1 aliphatic heterocycles. The van der Waals surface area contributed by atoms with E-state index in [0.29, 0.717) is 43.3 Å². The van der Waals surface area contributed by atoms with Gasteiger partial charge >= 0.3 is 0 Å². The molecule has 0 aliphatic carbocycles. The second-order valence-electron chi connectivity index (χ2n) is 8.64. The molecule has 0 saturated heterocycles. The average molecular weight is 443 g/mol. The molecule has 2 heterocycles. The van der Waals surface area contributed by atoms with Crippen molar-refractivity contribution in [2.24, 2.45) is 5.92 Å². The van der Waals surface area contributed by atoms with Gasteiger partial charge in [-0.15, -0.1) is 0 Å². The van der Waals surface area contributed by atoms with E-state index in [4.69, 9.17) is 13.9 Å². The lowest BCUT2D eigenvalue weighted by Gasteiger charge is -2.28. The highest BCUT2D eigenvalue weighted by molar-refractivity contribution is 5.84. The van der Waals surface area contributed by atoms with E-state index in [-0.39, 0.29) is 31.1 Å². The first kappa shape index (κ1) is 23.7. The molecule has 2 amide bonds. The summed E-state index contributed by atoms with van der Waals surface area (Å²) in [6.45, 7) is 7.79. The van der Waals surface area contributed by atoms with Gasteiger partial charge in [-0.05, 0) is 42.2 Å². The zero-order chi connectivity index (χ0) is 22.9. The number of benzene rings is 1. The van der Waals surface area contributed by atoms with E-state index in [2.05, 4.69) is 20.8 Å². The summed E-state index contributed by atoms with van der Waals surface area (Å²) in [5, 5.41) is 0. The van der Waals surface area contributed by atoms with Crippen LogP contribution in [-0.4, -0.2) is 41.5 Å². The first-order valence-corrected chi connectivity index (χ1v) is 11.4. The van der Waals surface area contributed by atoms with Gasteiger partial charge in [0.15, 0.2) is 11.5 Å². The van der Waals surface area contributed by atoms with E-state index in [9.17, 15) is 9.59 Å². The monoisotopic (exact) mass is 442 g/mol. The van der Waals surface area contributed by atoms with Gasteiger partial charge in [0, 0.05) is 19.5 Å². The molecule has 1 aromatic carbocycles. The van der Waals surface area contributed by atoms with Crippen LogP contribution in [0.1, 0.15) is 57.8 Å². The largest absolute Gasteiger partial charge is 0.467 e. The number of furan rings is 1. The maximum Gasteiger partial charge on any atom is 0.242 e. The number of carbonyl (C=O) groups is 2. The molecule has 7 nitrogen and oxygen atoms in total. The standard InChI is InChI=1S/C25H34N2O5/c1-4-5-6-9-24(28)26(14-19(2)3)17-25(29)27(16-21-8-7-12-30-21)15-20-10-11-22-23(13-20)32-18-31-22/h7-8,10-13,19H,4-6,9,14-18H2,1-3H3. The van der Waals surface area contributed by atoms with Crippen molar-refractivity contribution < 1.29 is 23.5 Å². The van der Waals surface area contributed by atoms with Crippen molar-refractivity contribution in [3.8, 4) is 11.5 Å². The van der Waals surface area contributed by atoms with Crippen LogP contribution in [0.4, 0.5) is 0 Å². The van der Waals surface area contributed by atoms with Gasteiger partial charge < -0.3 is 23.7 Å². The topological polar surface area (TPSA) is 72.2 Å². The quantitative estimate of drug-likeness (QED) is 0.449.